The summed E-state index contributed by atoms with van der Waals surface area (Å²) in [5, 5.41) is 0.662. The molecule has 0 N–H and O–H groups in total. The van der Waals surface area contributed by atoms with E-state index < -0.39 is 0 Å². The fourth-order valence-electron chi connectivity index (χ4n) is 2.45. The van der Waals surface area contributed by atoms with Crippen LogP contribution in [0.2, 0.25) is 0 Å². The van der Waals surface area contributed by atoms with Crippen LogP contribution in [0, 0.1) is 3.57 Å². The normalized spacial score (nSPS) is 11.0. The summed E-state index contributed by atoms with van der Waals surface area (Å²) in [6.45, 7) is 0. The summed E-state index contributed by atoms with van der Waals surface area (Å²) >= 11 is 3.79. The van der Waals surface area contributed by atoms with Crippen molar-refractivity contribution in [3.8, 4) is 16.1 Å². The van der Waals surface area contributed by atoms with Gasteiger partial charge in [0.25, 0.3) is 5.56 Å². The maximum Gasteiger partial charge on any atom is 0.266 e. The lowest BCUT2D eigenvalue weighted by Crippen LogP contribution is -2.17. The van der Waals surface area contributed by atoms with Gasteiger partial charge in [0.05, 0.1) is 11.1 Å². The fraction of sp³-hybridized carbons (Fsp3) is 0. The van der Waals surface area contributed by atoms with Crippen molar-refractivity contribution in [3.63, 3.8) is 0 Å². The van der Waals surface area contributed by atoms with E-state index in [9.17, 15) is 4.79 Å². The van der Waals surface area contributed by atoms with Gasteiger partial charge in [-0.15, -0.1) is 11.3 Å². The molecular weight excluding hydrogens is 419 g/mol. The van der Waals surface area contributed by atoms with Gasteiger partial charge < -0.3 is 0 Å². The van der Waals surface area contributed by atoms with Crippen LogP contribution in [0.15, 0.2) is 71.8 Å². The van der Waals surface area contributed by atoms with Crippen LogP contribution in [0.1, 0.15) is 0 Å². The Hall–Kier alpha value is -1.99. The Morgan fingerprint density at radius 1 is 1.00 bits per heavy atom. The van der Waals surface area contributed by atoms with Crippen molar-refractivity contribution in [1.29, 1.82) is 0 Å². The molecule has 2 aromatic carbocycles. The second kappa shape index (κ2) is 5.90. The van der Waals surface area contributed by atoms with E-state index in [1.54, 1.807) is 22.2 Å². The summed E-state index contributed by atoms with van der Waals surface area (Å²) in [6.07, 6.45) is 1.61. The van der Waals surface area contributed by atoms with Crippen molar-refractivity contribution in [1.82, 2.24) is 9.55 Å². The Labute approximate surface area is 150 Å². The highest BCUT2D eigenvalue weighted by molar-refractivity contribution is 14.1. The van der Waals surface area contributed by atoms with Crippen molar-refractivity contribution >= 4 is 44.1 Å². The molecule has 4 rings (SSSR count). The minimum absolute atomic E-state index is 0.0327. The molecule has 0 saturated heterocycles. The molecule has 0 aliphatic carbocycles. The Balaban J connectivity index is 1.89. The van der Waals surface area contributed by atoms with Gasteiger partial charge >= 0.3 is 0 Å². The molecule has 2 heterocycles. The van der Waals surface area contributed by atoms with E-state index in [0.717, 1.165) is 24.5 Å². The van der Waals surface area contributed by atoms with Crippen molar-refractivity contribution in [2.45, 2.75) is 0 Å². The molecule has 4 aromatic rings. The standard InChI is InChI=1S/C18H11IN2OS/c19-13-6-8-14(9-7-13)21-11-20-17-15(18(21)22)10-16(23-17)12-4-2-1-3-5-12/h1-11H. The van der Waals surface area contributed by atoms with Crippen molar-refractivity contribution in [2.75, 3.05) is 0 Å². The third-order valence-electron chi connectivity index (χ3n) is 3.62. The highest BCUT2D eigenvalue weighted by Crippen LogP contribution is 2.30. The SMILES string of the molecule is O=c1c2cc(-c3ccccc3)sc2ncn1-c1ccc(I)cc1. The maximum atomic E-state index is 12.8. The van der Waals surface area contributed by atoms with E-state index in [1.807, 2.05) is 60.7 Å². The zero-order valence-electron chi connectivity index (χ0n) is 11.9. The molecule has 0 atom stereocenters. The molecule has 0 saturated carbocycles. The van der Waals surface area contributed by atoms with E-state index in [0.29, 0.717) is 5.39 Å². The average Bonchev–Trinajstić information content (AvgIpc) is 3.02. The molecule has 2 aromatic heterocycles. The molecule has 3 nitrogen and oxygen atoms in total. The number of hydrogen-bond donors (Lipinski definition) is 0. The zero-order valence-corrected chi connectivity index (χ0v) is 14.9. The Kier molecular flexibility index (Phi) is 3.74. The predicted molar refractivity (Wildman–Crippen MR) is 103 cm³/mol. The van der Waals surface area contributed by atoms with Crippen LogP contribution >= 0.6 is 33.9 Å². The molecule has 0 spiro atoms. The molecule has 0 bridgehead atoms. The lowest BCUT2D eigenvalue weighted by atomic mass is 10.2. The number of aromatic nitrogens is 2. The summed E-state index contributed by atoms with van der Waals surface area (Å²) in [7, 11) is 0. The Morgan fingerprint density at radius 3 is 2.48 bits per heavy atom. The van der Waals surface area contributed by atoms with Crippen LogP contribution in [0.25, 0.3) is 26.3 Å². The first-order valence-corrected chi connectivity index (χ1v) is 8.94. The second-order valence-corrected chi connectivity index (χ2v) is 7.37. The summed E-state index contributed by atoms with van der Waals surface area (Å²) in [4.78, 5) is 19.1. The van der Waals surface area contributed by atoms with E-state index >= 15 is 0 Å². The van der Waals surface area contributed by atoms with Crippen LogP contribution in [0.3, 0.4) is 0 Å². The average molecular weight is 430 g/mol. The van der Waals surface area contributed by atoms with Crippen LogP contribution in [-0.4, -0.2) is 9.55 Å². The van der Waals surface area contributed by atoms with Gasteiger partial charge in [0.15, 0.2) is 0 Å². The van der Waals surface area contributed by atoms with Crippen LogP contribution in [-0.2, 0) is 0 Å². The number of rotatable bonds is 2. The Bertz CT molecular complexity index is 1040. The number of thiophene rings is 1. The molecular formula is C18H11IN2OS. The van der Waals surface area contributed by atoms with Gasteiger partial charge in [0, 0.05) is 8.45 Å². The topological polar surface area (TPSA) is 34.9 Å². The van der Waals surface area contributed by atoms with Crippen LogP contribution in [0.5, 0.6) is 0 Å². The zero-order chi connectivity index (χ0) is 15.8. The summed E-state index contributed by atoms with van der Waals surface area (Å²) in [6, 6.07) is 19.8. The maximum absolute atomic E-state index is 12.8. The number of halogens is 1. The van der Waals surface area contributed by atoms with Crippen molar-refractivity contribution in [2.24, 2.45) is 0 Å². The molecule has 0 unspecified atom stereocenters. The van der Waals surface area contributed by atoms with Gasteiger partial charge in [0.2, 0.25) is 0 Å². The fourth-order valence-corrected chi connectivity index (χ4v) is 3.81. The van der Waals surface area contributed by atoms with E-state index in [2.05, 4.69) is 27.6 Å². The van der Waals surface area contributed by atoms with Gasteiger partial charge in [-0.3, -0.25) is 9.36 Å². The second-order valence-electron chi connectivity index (χ2n) is 5.09. The first-order valence-electron chi connectivity index (χ1n) is 7.05. The van der Waals surface area contributed by atoms with Gasteiger partial charge in [-0.1, -0.05) is 30.3 Å². The largest absolute Gasteiger partial charge is 0.268 e. The summed E-state index contributed by atoms with van der Waals surface area (Å²) < 4.78 is 2.73. The molecule has 0 aliphatic rings. The lowest BCUT2D eigenvalue weighted by molar-refractivity contribution is 0.966. The molecule has 0 aliphatic heterocycles. The molecule has 112 valence electrons. The summed E-state index contributed by atoms with van der Waals surface area (Å²) in [5.41, 5.74) is 1.91. The molecule has 0 amide bonds. The first-order chi connectivity index (χ1) is 11.2. The minimum atomic E-state index is -0.0327. The third-order valence-corrected chi connectivity index (χ3v) is 5.43. The third kappa shape index (κ3) is 2.70. The number of benzene rings is 2. The lowest BCUT2D eigenvalue weighted by Gasteiger charge is -2.04. The number of hydrogen-bond acceptors (Lipinski definition) is 3. The molecule has 0 radical (unpaired) electrons. The van der Waals surface area contributed by atoms with Crippen molar-refractivity contribution < 1.29 is 0 Å². The van der Waals surface area contributed by atoms with Gasteiger partial charge in [-0.2, -0.15) is 0 Å². The quantitative estimate of drug-likeness (QED) is 0.432. The predicted octanol–water partition coefficient (Wildman–Crippen LogP) is 4.72. The van der Waals surface area contributed by atoms with E-state index in [4.69, 9.17) is 0 Å². The highest BCUT2D eigenvalue weighted by Gasteiger charge is 2.11. The van der Waals surface area contributed by atoms with Gasteiger partial charge in [-0.25, -0.2) is 4.98 Å². The molecule has 0 fully saturated rings. The van der Waals surface area contributed by atoms with E-state index in [-0.39, 0.29) is 5.56 Å². The number of nitrogens with zero attached hydrogens (tertiary/aromatic N) is 2. The highest BCUT2D eigenvalue weighted by atomic mass is 127. The minimum Gasteiger partial charge on any atom is -0.268 e. The smallest absolute Gasteiger partial charge is 0.266 e. The van der Waals surface area contributed by atoms with Gasteiger partial charge in [-0.05, 0) is 58.5 Å². The summed E-state index contributed by atoms with van der Waals surface area (Å²) in [5.74, 6) is 0. The molecule has 23 heavy (non-hydrogen) atoms. The van der Waals surface area contributed by atoms with Crippen molar-refractivity contribution in [3.05, 3.63) is 80.9 Å². The molecule has 5 heteroatoms. The monoisotopic (exact) mass is 430 g/mol. The van der Waals surface area contributed by atoms with Crippen LogP contribution in [0.4, 0.5) is 0 Å². The number of fused-ring (bicyclic) bond motifs is 1. The van der Waals surface area contributed by atoms with Crippen LogP contribution < -0.4 is 5.56 Å². The Morgan fingerprint density at radius 2 is 1.74 bits per heavy atom. The van der Waals surface area contributed by atoms with Gasteiger partial charge in [0.1, 0.15) is 11.2 Å². The first kappa shape index (κ1) is 14.6. The van der Waals surface area contributed by atoms with E-state index in [1.165, 1.54) is 0 Å².